The van der Waals surface area contributed by atoms with Gasteiger partial charge in [0.05, 0.1) is 30.2 Å². The first-order valence-electron chi connectivity index (χ1n) is 6.51. The fourth-order valence-electron chi connectivity index (χ4n) is 2.18. The maximum atomic E-state index is 11.2. The molecular formula is C16H17BrO4. The lowest BCUT2D eigenvalue weighted by molar-refractivity contribution is 0.112. The summed E-state index contributed by atoms with van der Waals surface area (Å²) >= 11 is 3.52. The minimum atomic E-state index is -0.0133. The van der Waals surface area contributed by atoms with Gasteiger partial charge in [0.15, 0.2) is 0 Å². The number of carbonyl (C=O) groups excluding carboxylic acids is 1. The van der Waals surface area contributed by atoms with Crippen molar-refractivity contribution >= 4 is 33.0 Å². The second-order valence-corrected chi connectivity index (χ2v) is 5.61. The fraction of sp³-hybridized carbons (Fsp3) is 0.312. The maximum Gasteiger partial charge on any atom is 0.150 e. The monoisotopic (exact) mass is 352 g/mol. The highest BCUT2D eigenvalue weighted by molar-refractivity contribution is 9.10. The molecule has 0 N–H and O–H groups in total. The van der Waals surface area contributed by atoms with Gasteiger partial charge in [-0.05, 0) is 41.9 Å². The van der Waals surface area contributed by atoms with E-state index in [-0.39, 0.29) is 6.10 Å². The third-order valence-electron chi connectivity index (χ3n) is 3.02. The molecule has 0 heterocycles. The van der Waals surface area contributed by atoms with Gasteiger partial charge in [0.2, 0.25) is 0 Å². The zero-order valence-corrected chi connectivity index (χ0v) is 14.0. The van der Waals surface area contributed by atoms with Crippen molar-refractivity contribution in [3.05, 3.63) is 28.2 Å². The molecule has 0 aliphatic rings. The molecule has 0 aliphatic heterocycles. The molecule has 4 nitrogen and oxygen atoms in total. The van der Waals surface area contributed by atoms with Crippen molar-refractivity contribution in [3.63, 3.8) is 0 Å². The number of hydrogen-bond acceptors (Lipinski definition) is 4. The molecule has 21 heavy (non-hydrogen) atoms. The highest BCUT2D eigenvalue weighted by Gasteiger charge is 2.17. The van der Waals surface area contributed by atoms with E-state index in [1.807, 2.05) is 13.8 Å². The molecule has 0 saturated heterocycles. The summed E-state index contributed by atoms with van der Waals surface area (Å²) in [5, 5.41) is 1.62. The lowest BCUT2D eigenvalue weighted by atomic mass is 10.0. The predicted molar refractivity (Wildman–Crippen MR) is 85.9 cm³/mol. The van der Waals surface area contributed by atoms with Gasteiger partial charge in [0, 0.05) is 17.0 Å². The largest absolute Gasteiger partial charge is 0.496 e. The zero-order chi connectivity index (χ0) is 15.6. The first-order chi connectivity index (χ1) is 10.0. The smallest absolute Gasteiger partial charge is 0.150 e. The van der Waals surface area contributed by atoms with E-state index >= 15 is 0 Å². The van der Waals surface area contributed by atoms with Gasteiger partial charge in [-0.25, -0.2) is 0 Å². The molecule has 0 spiro atoms. The average molecular weight is 353 g/mol. The van der Waals surface area contributed by atoms with Gasteiger partial charge in [-0.2, -0.15) is 0 Å². The predicted octanol–water partition coefficient (Wildman–Crippen LogP) is 4.22. The summed E-state index contributed by atoms with van der Waals surface area (Å²) in [6.07, 6.45) is 0.783. The normalized spacial score (nSPS) is 10.8. The Labute approximate surface area is 132 Å². The van der Waals surface area contributed by atoms with E-state index in [1.165, 1.54) is 0 Å². The van der Waals surface area contributed by atoms with Gasteiger partial charge >= 0.3 is 0 Å². The molecule has 0 saturated carbocycles. The first kappa shape index (κ1) is 15.6. The van der Waals surface area contributed by atoms with Crippen LogP contribution in [0, 0.1) is 0 Å². The van der Waals surface area contributed by atoms with Gasteiger partial charge in [-0.1, -0.05) is 0 Å². The molecule has 2 rings (SSSR count). The topological polar surface area (TPSA) is 44.8 Å². The van der Waals surface area contributed by atoms with Crippen LogP contribution in [0.4, 0.5) is 0 Å². The number of methoxy groups -OCH3 is 2. The standard InChI is InChI=1S/C16H17BrO4/c1-9(2)21-13-6-10(8-18)5-11-15(13)12(19-3)7-14(20-4)16(11)17/h5-9H,1-4H3. The van der Waals surface area contributed by atoms with Crippen LogP contribution in [0.2, 0.25) is 0 Å². The number of benzene rings is 2. The van der Waals surface area contributed by atoms with Crippen LogP contribution in [0.3, 0.4) is 0 Å². The van der Waals surface area contributed by atoms with E-state index in [2.05, 4.69) is 15.9 Å². The summed E-state index contributed by atoms with van der Waals surface area (Å²) in [6, 6.07) is 5.29. The Hall–Kier alpha value is -1.75. The summed E-state index contributed by atoms with van der Waals surface area (Å²) in [5.74, 6) is 1.89. The van der Waals surface area contributed by atoms with Gasteiger partial charge < -0.3 is 14.2 Å². The van der Waals surface area contributed by atoms with Crippen LogP contribution in [-0.4, -0.2) is 26.6 Å². The molecule has 0 amide bonds. The molecule has 0 aliphatic carbocycles. The lowest BCUT2D eigenvalue weighted by Crippen LogP contribution is -2.07. The van der Waals surface area contributed by atoms with E-state index in [4.69, 9.17) is 14.2 Å². The summed E-state index contributed by atoms with van der Waals surface area (Å²) < 4.78 is 17.4. The Balaban J connectivity index is 2.88. The molecule has 2 aromatic carbocycles. The second-order valence-electron chi connectivity index (χ2n) is 4.82. The van der Waals surface area contributed by atoms with Crippen LogP contribution in [0.5, 0.6) is 17.2 Å². The molecule has 112 valence electrons. The van der Waals surface area contributed by atoms with Crippen molar-refractivity contribution in [2.75, 3.05) is 14.2 Å². The third kappa shape index (κ3) is 2.97. The van der Waals surface area contributed by atoms with Crippen molar-refractivity contribution in [3.8, 4) is 17.2 Å². The number of fused-ring (bicyclic) bond motifs is 1. The molecule has 0 bridgehead atoms. The van der Waals surface area contributed by atoms with Crippen LogP contribution in [-0.2, 0) is 0 Å². The number of halogens is 1. The van der Waals surface area contributed by atoms with E-state index in [0.717, 1.165) is 21.5 Å². The highest BCUT2D eigenvalue weighted by atomic mass is 79.9. The summed E-state index contributed by atoms with van der Waals surface area (Å²) in [4.78, 5) is 11.2. The summed E-state index contributed by atoms with van der Waals surface area (Å²) in [6.45, 7) is 3.87. The third-order valence-corrected chi connectivity index (χ3v) is 3.84. The molecule has 0 unspecified atom stereocenters. The molecule has 5 heteroatoms. The fourth-order valence-corrected chi connectivity index (χ4v) is 2.76. The van der Waals surface area contributed by atoms with Crippen LogP contribution < -0.4 is 14.2 Å². The Kier molecular flexibility index (Phi) is 4.73. The Morgan fingerprint density at radius 3 is 2.24 bits per heavy atom. The lowest BCUT2D eigenvalue weighted by Gasteiger charge is -2.17. The average Bonchev–Trinajstić information content (AvgIpc) is 2.47. The first-order valence-corrected chi connectivity index (χ1v) is 7.31. The molecular weight excluding hydrogens is 336 g/mol. The molecule has 0 atom stereocenters. The van der Waals surface area contributed by atoms with E-state index in [1.54, 1.807) is 32.4 Å². The SMILES string of the molecule is COc1cc(OC)c2c(OC(C)C)cc(C=O)cc2c1Br. The van der Waals surface area contributed by atoms with Gasteiger partial charge in [0.25, 0.3) is 0 Å². The molecule has 2 aromatic rings. The van der Waals surface area contributed by atoms with Crippen molar-refractivity contribution in [1.29, 1.82) is 0 Å². The zero-order valence-electron chi connectivity index (χ0n) is 12.4. The summed E-state index contributed by atoms with van der Waals surface area (Å²) in [7, 11) is 3.18. The number of ether oxygens (including phenoxy) is 3. The van der Waals surface area contributed by atoms with Crippen LogP contribution in [0.15, 0.2) is 22.7 Å². The molecule has 0 fully saturated rings. The quantitative estimate of drug-likeness (QED) is 0.755. The van der Waals surface area contributed by atoms with Crippen LogP contribution >= 0.6 is 15.9 Å². The summed E-state index contributed by atoms with van der Waals surface area (Å²) in [5.41, 5.74) is 0.536. The van der Waals surface area contributed by atoms with Gasteiger partial charge in [-0.15, -0.1) is 0 Å². The minimum absolute atomic E-state index is 0.0133. The van der Waals surface area contributed by atoms with E-state index in [9.17, 15) is 4.79 Å². The second kappa shape index (κ2) is 6.35. The Morgan fingerprint density at radius 1 is 1.05 bits per heavy atom. The Bertz CT molecular complexity index is 680. The number of carbonyl (C=O) groups is 1. The molecule has 0 radical (unpaired) electrons. The Morgan fingerprint density at radius 2 is 1.71 bits per heavy atom. The minimum Gasteiger partial charge on any atom is -0.496 e. The van der Waals surface area contributed by atoms with Crippen molar-refractivity contribution < 1.29 is 19.0 Å². The number of rotatable bonds is 5. The van der Waals surface area contributed by atoms with Crippen molar-refractivity contribution in [2.24, 2.45) is 0 Å². The van der Waals surface area contributed by atoms with Gasteiger partial charge in [-0.3, -0.25) is 4.79 Å². The van der Waals surface area contributed by atoms with E-state index < -0.39 is 0 Å². The van der Waals surface area contributed by atoms with Crippen LogP contribution in [0.1, 0.15) is 24.2 Å². The maximum absolute atomic E-state index is 11.2. The van der Waals surface area contributed by atoms with Crippen molar-refractivity contribution in [2.45, 2.75) is 20.0 Å². The van der Waals surface area contributed by atoms with E-state index in [0.29, 0.717) is 22.8 Å². The highest BCUT2D eigenvalue weighted by Crippen LogP contribution is 2.44. The van der Waals surface area contributed by atoms with Crippen molar-refractivity contribution in [1.82, 2.24) is 0 Å². The van der Waals surface area contributed by atoms with Gasteiger partial charge in [0.1, 0.15) is 23.5 Å². The molecule has 0 aromatic heterocycles. The number of hydrogen-bond donors (Lipinski definition) is 0. The van der Waals surface area contributed by atoms with Crippen LogP contribution in [0.25, 0.3) is 10.8 Å². The number of aldehydes is 1.